The Morgan fingerprint density at radius 3 is 2.40 bits per heavy atom. The molecule has 0 saturated carbocycles. The van der Waals surface area contributed by atoms with Gasteiger partial charge in [-0.1, -0.05) is 67.4 Å². The van der Waals surface area contributed by atoms with Gasteiger partial charge in [0.05, 0.1) is 18.3 Å². The molecule has 5 nitrogen and oxygen atoms in total. The number of H-pyrrole nitrogens is 1. The highest BCUT2D eigenvalue weighted by atomic mass is 19.1. The molecule has 35 heavy (non-hydrogen) atoms. The van der Waals surface area contributed by atoms with Crippen LogP contribution in [0.4, 0.5) is 4.39 Å². The number of carbonyl (C=O) groups is 1. The number of hydrogen-bond acceptors (Lipinski definition) is 3. The molecule has 3 aromatic carbocycles. The normalized spacial score (nSPS) is 14.9. The minimum Gasteiger partial charge on any atom is -0.494 e. The molecule has 5 rings (SSSR count). The maximum absolute atomic E-state index is 13.5. The zero-order chi connectivity index (χ0) is 24.4. The second-order valence-electron chi connectivity index (χ2n) is 8.96. The lowest BCUT2D eigenvalue weighted by molar-refractivity contribution is 0.0730. The van der Waals surface area contributed by atoms with E-state index >= 15 is 0 Å². The zero-order valence-electron chi connectivity index (χ0n) is 19.9. The molecular formula is C29H28FN3O2. The number of aromatic amines is 1. The first kappa shape index (κ1) is 22.8. The second-order valence-corrected chi connectivity index (χ2v) is 8.96. The molecular weight excluding hydrogens is 441 g/mol. The maximum atomic E-state index is 13.5. The molecule has 1 N–H and O–H groups in total. The number of rotatable bonds is 8. The first-order valence-electron chi connectivity index (χ1n) is 12.0. The van der Waals surface area contributed by atoms with Crippen molar-refractivity contribution >= 4 is 5.91 Å². The van der Waals surface area contributed by atoms with Crippen molar-refractivity contribution in [3.05, 3.63) is 107 Å². The molecule has 0 saturated heterocycles. The van der Waals surface area contributed by atoms with Gasteiger partial charge in [0.2, 0.25) is 0 Å². The quantitative estimate of drug-likeness (QED) is 0.302. The number of carbonyl (C=O) groups excluding carboxylic acids is 1. The molecule has 1 aliphatic rings. The molecule has 2 heterocycles. The number of aromatic nitrogens is 2. The van der Waals surface area contributed by atoms with Crippen LogP contribution in [-0.2, 0) is 6.54 Å². The van der Waals surface area contributed by atoms with E-state index in [-0.39, 0.29) is 17.8 Å². The molecule has 1 amide bonds. The molecule has 0 spiro atoms. The fraction of sp³-hybridized carbons (Fsp3) is 0.241. The highest BCUT2D eigenvalue weighted by Gasteiger charge is 2.42. The van der Waals surface area contributed by atoms with Crippen molar-refractivity contribution in [2.45, 2.75) is 39.3 Å². The van der Waals surface area contributed by atoms with Gasteiger partial charge in [-0.15, -0.1) is 0 Å². The Balaban J connectivity index is 1.55. The van der Waals surface area contributed by atoms with Crippen LogP contribution in [0, 0.1) is 12.7 Å². The summed E-state index contributed by atoms with van der Waals surface area (Å²) in [5, 5.41) is 7.53. The Morgan fingerprint density at radius 1 is 1.00 bits per heavy atom. The van der Waals surface area contributed by atoms with Gasteiger partial charge in [0.1, 0.15) is 17.3 Å². The van der Waals surface area contributed by atoms with E-state index in [9.17, 15) is 9.18 Å². The van der Waals surface area contributed by atoms with Gasteiger partial charge >= 0.3 is 0 Å². The van der Waals surface area contributed by atoms with Crippen molar-refractivity contribution in [3.8, 4) is 17.0 Å². The van der Waals surface area contributed by atoms with Gasteiger partial charge < -0.3 is 9.64 Å². The average molecular weight is 470 g/mol. The predicted molar refractivity (Wildman–Crippen MR) is 134 cm³/mol. The third kappa shape index (κ3) is 4.56. The molecule has 6 heteroatoms. The molecule has 1 aromatic heterocycles. The van der Waals surface area contributed by atoms with Crippen molar-refractivity contribution in [1.29, 1.82) is 0 Å². The summed E-state index contributed by atoms with van der Waals surface area (Å²) in [4.78, 5) is 15.4. The van der Waals surface area contributed by atoms with Gasteiger partial charge in [-0.2, -0.15) is 5.10 Å². The number of nitrogens with zero attached hydrogens (tertiary/aromatic N) is 2. The van der Waals surface area contributed by atoms with Gasteiger partial charge in [0.15, 0.2) is 0 Å². The summed E-state index contributed by atoms with van der Waals surface area (Å²) in [6.45, 7) is 5.21. The highest BCUT2D eigenvalue weighted by Crippen LogP contribution is 2.43. The lowest BCUT2D eigenvalue weighted by atomic mass is 9.95. The summed E-state index contributed by atoms with van der Waals surface area (Å²) >= 11 is 0. The first-order valence-corrected chi connectivity index (χ1v) is 12.0. The minimum atomic E-state index is -0.331. The van der Waals surface area contributed by atoms with Crippen molar-refractivity contribution in [1.82, 2.24) is 15.1 Å². The van der Waals surface area contributed by atoms with E-state index in [2.05, 4.69) is 17.1 Å². The van der Waals surface area contributed by atoms with Crippen molar-refractivity contribution in [3.63, 3.8) is 0 Å². The van der Waals surface area contributed by atoms with Crippen molar-refractivity contribution < 1.29 is 13.9 Å². The van der Waals surface area contributed by atoms with Crippen LogP contribution in [0.15, 0.2) is 72.8 Å². The number of nitrogens with one attached hydrogen (secondary N) is 1. The highest BCUT2D eigenvalue weighted by molar-refractivity contribution is 6.00. The molecule has 178 valence electrons. The standard InChI is InChI=1S/C29H28FN3O2/c1-3-4-17-35-24-15-11-22(12-16-24)28-25-26(21-9-5-19(2)6-10-21)31-32-27(25)29(34)33(28)18-20-7-13-23(30)14-8-20/h5-16,28H,3-4,17-18H2,1-2H3,(H,31,32). The fourth-order valence-corrected chi connectivity index (χ4v) is 4.50. The third-order valence-corrected chi connectivity index (χ3v) is 6.42. The first-order chi connectivity index (χ1) is 17.0. The Labute approximate surface area is 204 Å². The average Bonchev–Trinajstić information content (AvgIpc) is 3.41. The van der Waals surface area contributed by atoms with E-state index in [1.165, 1.54) is 12.1 Å². The Bertz CT molecular complexity index is 1310. The monoisotopic (exact) mass is 469 g/mol. The van der Waals surface area contributed by atoms with E-state index in [1.54, 1.807) is 12.1 Å². The predicted octanol–water partition coefficient (Wildman–Crippen LogP) is 6.45. The lowest BCUT2D eigenvalue weighted by Crippen LogP contribution is -2.29. The topological polar surface area (TPSA) is 58.2 Å². The zero-order valence-corrected chi connectivity index (χ0v) is 19.9. The largest absolute Gasteiger partial charge is 0.494 e. The van der Waals surface area contributed by atoms with Gasteiger partial charge in [-0.3, -0.25) is 9.89 Å². The van der Waals surface area contributed by atoms with Crippen molar-refractivity contribution in [2.24, 2.45) is 0 Å². The summed E-state index contributed by atoms with van der Waals surface area (Å²) < 4.78 is 19.3. The molecule has 1 aliphatic heterocycles. The Morgan fingerprint density at radius 2 is 1.71 bits per heavy atom. The van der Waals surface area contributed by atoms with Gasteiger partial charge in [0, 0.05) is 17.7 Å². The smallest absolute Gasteiger partial charge is 0.273 e. The number of halogens is 1. The van der Waals surface area contributed by atoms with Crippen LogP contribution in [0.1, 0.15) is 58.5 Å². The number of benzene rings is 3. The fourth-order valence-electron chi connectivity index (χ4n) is 4.50. The molecule has 0 fully saturated rings. The van der Waals surface area contributed by atoms with Crippen LogP contribution in [0.3, 0.4) is 0 Å². The van der Waals surface area contributed by atoms with E-state index in [0.29, 0.717) is 18.8 Å². The molecule has 4 aromatic rings. The van der Waals surface area contributed by atoms with Crippen LogP contribution in [0.25, 0.3) is 11.3 Å². The second kappa shape index (κ2) is 9.74. The van der Waals surface area contributed by atoms with Crippen LogP contribution in [0.2, 0.25) is 0 Å². The number of aryl methyl sites for hydroxylation is 1. The number of amides is 1. The molecule has 0 bridgehead atoms. The van der Waals surface area contributed by atoms with Crippen LogP contribution in [0.5, 0.6) is 5.75 Å². The van der Waals surface area contributed by atoms with E-state index in [4.69, 9.17) is 4.74 Å². The Hall–Kier alpha value is -3.93. The van der Waals surface area contributed by atoms with E-state index in [1.807, 2.05) is 60.4 Å². The molecule has 0 radical (unpaired) electrons. The molecule has 1 atom stereocenters. The number of hydrogen-bond donors (Lipinski definition) is 1. The maximum Gasteiger partial charge on any atom is 0.273 e. The third-order valence-electron chi connectivity index (χ3n) is 6.42. The van der Waals surface area contributed by atoms with Crippen LogP contribution in [-0.4, -0.2) is 27.6 Å². The summed E-state index contributed by atoms with van der Waals surface area (Å²) in [5.74, 6) is 0.388. The Kier molecular flexibility index (Phi) is 6.36. The molecule has 0 aliphatic carbocycles. The van der Waals surface area contributed by atoms with Crippen LogP contribution >= 0.6 is 0 Å². The summed E-state index contributed by atoms with van der Waals surface area (Å²) in [7, 11) is 0. The minimum absolute atomic E-state index is 0.122. The number of ether oxygens (including phenoxy) is 1. The molecule has 1 unspecified atom stereocenters. The van der Waals surface area contributed by atoms with E-state index in [0.717, 1.165) is 52.1 Å². The van der Waals surface area contributed by atoms with E-state index < -0.39 is 0 Å². The number of fused-ring (bicyclic) bond motifs is 1. The lowest BCUT2D eigenvalue weighted by Gasteiger charge is -2.26. The summed E-state index contributed by atoms with van der Waals surface area (Å²) in [6.07, 6.45) is 2.08. The van der Waals surface area contributed by atoms with Gasteiger partial charge in [-0.05, 0) is 48.7 Å². The van der Waals surface area contributed by atoms with Gasteiger partial charge in [-0.25, -0.2) is 4.39 Å². The SMILES string of the molecule is CCCCOc1ccc(C2c3c(-c4ccc(C)cc4)n[nH]c3C(=O)N2Cc2ccc(F)cc2)cc1. The van der Waals surface area contributed by atoms with Gasteiger partial charge in [0.25, 0.3) is 5.91 Å². The number of unbranched alkanes of at least 4 members (excludes halogenated alkanes) is 1. The summed E-state index contributed by atoms with van der Waals surface area (Å²) in [5.41, 5.74) is 6.06. The van der Waals surface area contributed by atoms with Crippen molar-refractivity contribution in [2.75, 3.05) is 6.61 Å². The summed E-state index contributed by atoms with van der Waals surface area (Å²) in [6, 6.07) is 22.0. The van der Waals surface area contributed by atoms with Crippen LogP contribution < -0.4 is 4.74 Å².